The average molecular weight is 190 g/mol. The van der Waals surface area contributed by atoms with E-state index in [2.05, 4.69) is 10.1 Å². The van der Waals surface area contributed by atoms with Crippen molar-refractivity contribution < 1.29 is 4.79 Å². The van der Waals surface area contributed by atoms with Crippen LogP contribution in [-0.2, 0) is 0 Å². The van der Waals surface area contributed by atoms with Crippen LogP contribution in [0.4, 0.5) is 0 Å². The number of pyridine rings is 1. The van der Waals surface area contributed by atoms with Gasteiger partial charge >= 0.3 is 0 Å². The average Bonchev–Trinajstić information content (AvgIpc) is 2.63. The quantitative estimate of drug-likeness (QED) is 0.689. The zero-order chi connectivity index (χ0) is 10.1. The Morgan fingerprint density at radius 1 is 1.57 bits per heavy atom. The standard InChI is InChI=1S/C9H10N4O/c1-6(10)9(14)7-3-2-4-8-11-5-12-13(7)8/h2-6H,10H2,1H3. The highest BCUT2D eigenvalue weighted by Crippen LogP contribution is 2.05. The maximum absolute atomic E-state index is 11.6. The predicted octanol–water partition coefficient (Wildman–Crippen LogP) is 0.259. The molecule has 2 rings (SSSR count). The normalized spacial score (nSPS) is 13.0. The van der Waals surface area contributed by atoms with Gasteiger partial charge in [-0.15, -0.1) is 0 Å². The number of hydrogen-bond acceptors (Lipinski definition) is 4. The van der Waals surface area contributed by atoms with E-state index < -0.39 is 6.04 Å². The second-order valence-electron chi connectivity index (χ2n) is 3.09. The molecule has 5 nitrogen and oxygen atoms in total. The molecule has 2 aromatic heterocycles. The molecule has 2 N–H and O–H groups in total. The summed E-state index contributed by atoms with van der Waals surface area (Å²) in [5.41, 5.74) is 6.63. The van der Waals surface area contributed by atoms with Crippen molar-refractivity contribution in [3.05, 3.63) is 30.2 Å². The van der Waals surface area contributed by atoms with Crippen LogP contribution in [-0.4, -0.2) is 26.4 Å². The number of carbonyl (C=O) groups excluding carboxylic acids is 1. The topological polar surface area (TPSA) is 73.3 Å². The zero-order valence-corrected chi connectivity index (χ0v) is 7.71. The van der Waals surface area contributed by atoms with Gasteiger partial charge in [-0.05, 0) is 19.1 Å². The molecule has 0 aliphatic heterocycles. The van der Waals surface area contributed by atoms with Crippen molar-refractivity contribution in [2.24, 2.45) is 5.73 Å². The van der Waals surface area contributed by atoms with Crippen molar-refractivity contribution in [3.63, 3.8) is 0 Å². The van der Waals surface area contributed by atoms with E-state index >= 15 is 0 Å². The molecule has 0 radical (unpaired) electrons. The van der Waals surface area contributed by atoms with Gasteiger partial charge < -0.3 is 5.73 Å². The Bertz CT molecular complexity index is 474. The molecule has 0 aromatic carbocycles. The van der Waals surface area contributed by atoms with Gasteiger partial charge in [-0.25, -0.2) is 9.50 Å². The Hall–Kier alpha value is -1.75. The molecule has 0 aliphatic rings. The monoisotopic (exact) mass is 190 g/mol. The smallest absolute Gasteiger partial charge is 0.197 e. The van der Waals surface area contributed by atoms with Gasteiger partial charge in [0, 0.05) is 0 Å². The lowest BCUT2D eigenvalue weighted by molar-refractivity contribution is 0.0960. The van der Waals surface area contributed by atoms with E-state index in [1.54, 1.807) is 25.1 Å². The third-order valence-electron chi connectivity index (χ3n) is 1.97. The molecule has 0 fully saturated rings. The number of nitrogens with zero attached hydrogens (tertiary/aromatic N) is 3. The molecule has 2 heterocycles. The highest BCUT2D eigenvalue weighted by atomic mass is 16.1. The van der Waals surface area contributed by atoms with Crippen molar-refractivity contribution in [2.45, 2.75) is 13.0 Å². The van der Waals surface area contributed by atoms with E-state index in [1.807, 2.05) is 0 Å². The fraction of sp³-hybridized carbons (Fsp3) is 0.222. The summed E-state index contributed by atoms with van der Waals surface area (Å²) < 4.78 is 1.49. The lowest BCUT2D eigenvalue weighted by Gasteiger charge is -2.05. The minimum atomic E-state index is -0.523. The summed E-state index contributed by atoms with van der Waals surface area (Å²) >= 11 is 0. The van der Waals surface area contributed by atoms with E-state index in [1.165, 1.54) is 10.8 Å². The van der Waals surface area contributed by atoms with Gasteiger partial charge in [0.15, 0.2) is 11.4 Å². The first-order valence-corrected chi connectivity index (χ1v) is 4.28. The van der Waals surface area contributed by atoms with Crippen molar-refractivity contribution in [2.75, 3.05) is 0 Å². The van der Waals surface area contributed by atoms with Crippen LogP contribution in [0.25, 0.3) is 5.65 Å². The molecule has 1 unspecified atom stereocenters. The van der Waals surface area contributed by atoms with Gasteiger partial charge in [-0.3, -0.25) is 4.79 Å². The molecule has 2 aromatic rings. The van der Waals surface area contributed by atoms with E-state index in [4.69, 9.17) is 5.73 Å². The third kappa shape index (κ3) is 1.27. The lowest BCUT2D eigenvalue weighted by Crippen LogP contribution is -2.28. The summed E-state index contributed by atoms with van der Waals surface area (Å²) in [5.74, 6) is -0.138. The Morgan fingerprint density at radius 2 is 2.36 bits per heavy atom. The van der Waals surface area contributed by atoms with Crippen LogP contribution in [0.2, 0.25) is 0 Å². The van der Waals surface area contributed by atoms with Crippen LogP contribution >= 0.6 is 0 Å². The molecule has 0 saturated heterocycles. The second-order valence-corrected chi connectivity index (χ2v) is 3.09. The first kappa shape index (κ1) is 8.83. The number of carbonyl (C=O) groups is 1. The predicted molar refractivity (Wildman–Crippen MR) is 51.0 cm³/mol. The molecule has 0 amide bonds. The minimum Gasteiger partial charge on any atom is -0.321 e. The summed E-state index contributed by atoms with van der Waals surface area (Å²) in [5, 5.41) is 3.95. The Morgan fingerprint density at radius 3 is 3.07 bits per heavy atom. The van der Waals surface area contributed by atoms with Gasteiger partial charge in [0.2, 0.25) is 0 Å². The fourth-order valence-electron chi connectivity index (χ4n) is 1.27. The number of hydrogen-bond donors (Lipinski definition) is 1. The van der Waals surface area contributed by atoms with E-state index in [-0.39, 0.29) is 5.78 Å². The van der Waals surface area contributed by atoms with Crippen LogP contribution in [0, 0.1) is 0 Å². The Balaban J connectivity index is 2.62. The van der Waals surface area contributed by atoms with Gasteiger partial charge in [0.1, 0.15) is 12.0 Å². The molecule has 5 heteroatoms. The number of fused-ring (bicyclic) bond motifs is 1. The van der Waals surface area contributed by atoms with E-state index in [0.29, 0.717) is 11.3 Å². The summed E-state index contributed by atoms with van der Waals surface area (Å²) in [7, 11) is 0. The third-order valence-corrected chi connectivity index (χ3v) is 1.97. The van der Waals surface area contributed by atoms with Gasteiger partial charge in [-0.1, -0.05) is 6.07 Å². The maximum atomic E-state index is 11.6. The second kappa shape index (κ2) is 3.19. The Labute approximate surface area is 80.6 Å². The number of aromatic nitrogens is 3. The van der Waals surface area contributed by atoms with Gasteiger partial charge in [0.05, 0.1) is 6.04 Å². The number of ketones is 1. The van der Waals surface area contributed by atoms with Crippen molar-refractivity contribution in [1.82, 2.24) is 14.6 Å². The SMILES string of the molecule is CC(N)C(=O)c1cccc2ncnn12. The highest BCUT2D eigenvalue weighted by molar-refractivity contribution is 5.98. The van der Waals surface area contributed by atoms with Gasteiger partial charge in [-0.2, -0.15) is 5.10 Å². The first-order chi connectivity index (χ1) is 6.70. The Kier molecular flexibility index (Phi) is 2.01. The van der Waals surface area contributed by atoms with Crippen molar-refractivity contribution in [3.8, 4) is 0 Å². The molecule has 0 aliphatic carbocycles. The van der Waals surface area contributed by atoms with Crippen molar-refractivity contribution >= 4 is 11.4 Å². The molecular weight excluding hydrogens is 180 g/mol. The summed E-state index contributed by atoms with van der Waals surface area (Å²) in [6.45, 7) is 1.65. The van der Waals surface area contributed by atoms with Crippen molar-refractivity contribution in [1.29, 1.82) is 0 Å². The fourth-order valence-corrected chi connectivity index (χ4v) is 1.27. The van der Waals surface area contributed by atoms with Gasteiger partial charge in [0.25, 0.3) is 0 Å². The van der Waals surface area contributed by atoms with Crippen LogP contribution < -0.4 is 5.73 Å². The van der Waals surface area contributed by atoms with Crippen LogP contribution in [0.5, 0.6) is 0 Å². The maximum Gasteiger partial charge on any atom is 0.197 e. The summed E-state index contributed by atoms with van der Waals surface area (Å²) in [6, 6.07) is 4.71. The summed E-state index contributed by atoms with van der Waals surface area (Å²) in [6.07, 6.45) is 1.41. The lowest BCUT2D eigenvalue weighted by atomic mass is 10.1. The zero-order valence-electron chi connectivity index (χ0n) is 7.71. The number of rotatable bonds is 2. The molecular formula is C9H10N4O. The summed E-state index contributed by atoms with van der Waals surface area (Å²) in [4.78, 5) is 15.6. The minimum absolute atomic E-state index is 0.138. The van der Waals surface area contributed by atoms with Crippen LogP contribution in [0.1, 0.15) is 17.4 Å². The van der Waals surface area contributed by atoms with E-state index in [9.17, 15) is 4.79 Å². The van der Waals surface area contributed by atoms with Crippen LogP contribution in [0.15, 0.2) is 24.5 Å². The molecule has 14 heavy (non-hydrogen) atoms. The molecule has 0 spiro atoms. The molecule has 1 atom stereocenters. The largest absolute Gasteiger partial charge is 0.321 e. The van der Waals surface area contributed by atoms with Crippen LogP contribution in [0.3, 0.4) is 0 Å². The molecule has 0 saturated carbocycles. The number of Topliss-reactive ketones (excluding diaryl/α,β-unsaturated/α-hetero) is 1. The molecule has 0 bridgehead atoms. The molecule has 72 valence electrons. The van der Waals surface area contributed by atoms with E-state index in [0.717, 1.165) is 0 Å². The first-order valence-electron chi connectivity index (χ1n) is 4.28. The highest BCUT2D eigenvalue weighted by Gasteiger charge is 2.14. The number of nitrogens with two attached hydrogens (primary N) is 1.